The summed E-state index contributed by atoms with van der Waals surface area (Å²) in [6.45, 7) is 3.90. The van der Waals surface area contributed by atoms with Crippen LogP contribution in [-0.2, 0) is 9.59 Å². The minimum Gasteiger partial charge on any atom is -0.355 e. The lowest BCUT2D eigenvalue weighted by molar-refractivity contribution is -0.134. The molecule has 2 amide bonds. The number of nitrogens with one attached hydrogen (secondary N) is 1. The highest BCUT2D eigenvalue weighted by atomic mass is 16.2. The van der Waals surface area contributed by atoms with Crippen molar-refractivity contribution in [1.29, 1.82) is 0 Å². The van der Waals surface area contributed by atoms with Gasteiger partial charge in [-0.15, -0.1) is 0 Å². The highest BCUT2D eigenvalue weighted by Crippen LogP contribution is 2.18. The second-order valence-corrected chi connectivity index (χ2v) is 4.71. The molecule has 0 saturated carbocycles. The van der Waals surface area contributed by atoms with Crippen LogP contribution in [0.1, 0.15) is 26.2 Å². The van der Waals surface area contributed by atoms with Gasteiger partial charge in [0, 0.05) is 20.6 Å². The van der Waals surface area contributed by atoms with E-state index in [1.807, 2.05) is 11.8 Å². The van der Waals surface area contributed by atoms with Crippen LogP contribution in [-0.4, -0.2) is 61.4 Å². The Morgan fingerprint density at radius 2 is 2.12 bits per heavy atom. The van der Waals surface area contributed by atoms with Crippen molar-refractivity contribution in [3.63, 3.8) is 0 Å². The van der Waals surface area contributed by atoms with E-state index in [4.69, 9.17) is 0 Å². The average molecular weight is 241 g/mol. The van der Waals surface area contributed by atoms with E-state index in [-0.39, 0.29) is 17.9 Å². The molecule has 0 aromatic carbocycles. The smallest absolute Gasteiger partial charge is 0.239 e. The van der Waals surface area contributed by atoms with Gasteiger partial charge in [-0.3, -0.25) is 14.5 Å². The molecule has 1 fully saturated rings. The van der Waals surface area contributed by atoms with Gasteiger partial charge in [-0.2, -0.15) is 0 Å². The lowest BCUT2D eigenvalue weighted by Gasteiger charge is -2.25. The Balaban J connectivity index is 2.46. The first-order valence-electron chi connectivity index (χ1n) is 6.28. The third kappa shape index (κ3) is 4.00. The number of amides is 2. The van der Waals surface area contributed by atoms with Gasteiger partial charge < -0.3 is 10.2 Å². The van der Waals surface area contributed by atoms with E-state index in [1.54, 1.807) is 19.0 Å². The Bertz CT molecular complexity index is 279. The molecule has 17 heavy (non-hydrogen) atoms. The molecular weight excluding hydrogens is 218 g/mol. The van der Waals surface area contributed by atoms with Gasteiger partial charge in [-0.25, -0.2) is 0 Å². The Kier molecular flexibility index (Phi) is 5.41. The maximum atomic E-state index is 11.9. The molecule has 0 spiro atoms. The molecule has 0 radical (unpaired) electrons. The van der Waals surface area contributed by atoms with Crippen LogP contribution in [0.4, 0.5) is 0 Å². The van der Waals surface area contributed by atoms with Gasteiger partial charge in [-0.05, 0) is 25.8 Å². The molecule has 5 heteroatoms. The van der Waals surface area contributed by atoms with Crippen LogP contribution in [0.15, 0.2) is 0 Å². The number of likely N-dealkylation sites (N-methyl/N-ethyl adjacent to an activating group) is 1. The maximum Gasteiger partial charge on any atom is 0.239 e. The number of carbonyl (C=O) groups excluding carboxylic acids is 2. The zero-order valence-electron chi connectivity index (χ0n) is 11.0. The van der Waals surface area contributed by atoms with Crippen molar-refractivity contribution in [1.82, 2.24) is 15.1 Å². The Morgan fingerprint density at radius 3 is 2.71 bits per heavy atom. The van der Waals surface area contributed by atoms with E-state index in [9.17, 15) is 9.59 Å². The van der Waals surface area contributed by atoms with Gasteiger partial charge in [0.25, 0.3) is 0 Å². The topological polar surface area (TPSA) is 52.7 Å². The zero-order valence-corrected chi connectivity index (χ0v) is 11.0. The summed E-state index contributed by atoms with van der Waals surface area (Å²) >= 11 is 0. The predicted molar refractivity (Wildman–Crippen MR) is 66.6 cm³/mol. The minimum atomic E-state index is -0.114. The van der Waals surface area contributed by atoms with Gasteiger partial charge >= 0.3 is 0 Å². The Labute approximate surface area is 103 Å². The molecule has 1 atom stereocenters. The largest absolute Gasteiger partial charge is 0.355 e. The second kappa shape index (κ2) is 6.59. The van der Waals surface area contributed by atoms with Crippen LogP contribution in [0.3, 0.4) is 0 Å². The highest BCUT2D eigenvalue weighted by molar-refractivity contribution is 5.83. The molecular formula is C12H23N3O2. The van der Waals surface area contributed by atoms with Gasteiger partial charge in [0.1, 0.15) is 0 Å². The lowest BCUT2D eigenvalue weighted by atomic mass is 10.2. The van der Waals surface area contributed by atoms with Crippen LogP contribution >= 0.6 is 0 Å². The first-order valence-corrected chi connectivity index (χ1v) is 6.28. The van der Waals surface area contributed by atoms with Gasteiger partial charge in [0.05, 0.1) is 12.6 Å². The number of hydrogen-bond donors (Lipinski definition) is 1. The van der Waals surface area contributed by atoms with E-state index in [0.29, 0.717) is 13.1 Å². The van der Waals surface area contributed by atoms with Crippen molar-refractivity contribution in [2.75, 3.05) is 33.7 Å². The molecule has 1 heterocycles. The predicted octanol–water partition coefficient (Wildman–Crippen LogP) is 0.0652. The molecule has 1 rings (SSSR count). The number of rotatable bonds is 5. The molecule has 1 aliphatic rings. The normalized spacial score (nSPS) is 20.3. The minimum absolute atomic E-state index is 0.0188. The van der Waals surface area contributed by atoms with E-state index >= 15 is 0 Å². The van der Waals surface area contributed by atoms with Gasteiger partial charge in [-0.1, -0.05) is 6.92 Å². The molecule has 0 aliphatic carbocycles. The fourth-order valence-corrected chi connectivity index (χ4v) is 2.10. The van der Waals surface area contributed by atoms with E-state index in [0.717, 1.165) is 25.8 Å². The Morgan fingerprint density at radius 1 is 1.41 bits per heavy atom. The average Bonchev–Trinajstić information content (AvgIpc) is 2.73. The van der Waals surface area contributed by atoms with E-state index < -0.39 is 0 Å². The highest BCUT2D eigenvalue weighted by Gasteiger charge is 2.32. The second-order valence-electron chi connectivity index (χ2n) is 4.71. The summed E-state index contributed by atoms with van der Waals surface area (Å²) in [6, 6.07) is -0.114. The lowest BCUT2D eigenvalue weighted by Crippen LogP contribution is -2.46. The van der Waals surface area contributed by atoms with Crippen LogP contribution < -0.4 is 5.32 Å². The van der Waals surface area contributed by atoms with Crippen LogP contribution in [0.5, 0.6) is 0 Å². The number of carbonyl (C=O) groups is 2. The van der Waals surface area contributed by atoms with Crippen molar-refractivity contribution in [3.05, 3.63) is 0 Å². The summed E-state index contributed by atoms with van der Waals surface area (Å²) < 4.78 is 0. The molecule has 98 valence electrons. The maximum absolute atomic E-state index is 11.9. The summed E-state index contributed by atoms with van der Waals surface area (Å²) in [7, 11) is 3.52. The fraction of sp³-hybridized carbons (Fsp3) is 0.833. The summed E-state index contributed by atoms with van der Waals surface area (Å²) in [5.74, 6) is 0.121. The van der Waals surface area contributed by atoms with Crippen LogP contribution in [0.25, 0.3) is 0 Å². The van der Waals surface area contributed by atoms with Gasteiger partial charge in [0.15, 0.2) is 0 Å². The molecule has 0 aromatic rings. The van der Waals surface area contributed by atoms with Gasteiger partial charge in [0.2, 0.25) is 11.8 Å². The van der Waals surface area contributed by atoms with Crippen molar-refractivity contribution in [2.45, 2.75) is 32.2 Å². The summed E-state index contributed by atoms with van der Waals surface area (Å²) in [5.41, 5.74) is 0. The first kappa shape index (κ1) is 14.0. The molecule has 0 bridgehead atoms. The molecule has 1 aliphatic heterocycles. The third-order valence-corrected chi connectivity index (χ3v) is 3.01. The monoisotopic (exact) mass is 241 g/mol. The summed E-state index contributed by atoms with van der Waals surface area (Å²) in [6.07, 6.45) is 2.79. The number of likely N-dealkylation sites (tertiary alicyclic amines) is 1. The number of nitrogens with zero attached hydrogens (tertiary/aromatic N) is 2. The standard InChI is InChI=1S/C12H23N3O2/c1-4-7-13-11(16)9-15-8-5-6-10(15)12(17)14(2)3/h10H,4-9H2,1-3H3,(H,13,16). The van der Waals surface area contributed by atoms with Crippen LogP contribution in [0.2, 0.25) is 0 Å². The SMILES string of the molecule is CCCNC(=O)CN1CCCC1C(=O)N(C)C. The van der Waals surface area contributed by atoms with Crippen molar-refractivity contribution in [2.24, 2.45) is 0 Å². The first-order chi connectivity index (χ1) is 8.06. The molecule has 0 aromatic heterocycles. The molecule has 1 unspecified atom stereocenters. The summed E-state index contributed by atoms with van der Waals surface area (Å²) in [4.78, 5) is 27.1. The van der Waals surface area contributed by atoms with Crippen molar-refractivity contribution >= 4 is 11.8 Å². The van der Waals surface area contributed by atoms with E-state index in [1.165, 1.54) is 0 Å². The molecule has 5 nitrogen and oxygen atoms in total. The molecule has 1 N–H and O–H groups in total. The number of hydrogen-bond acceptors (Lipinski definition) is 3. The zero-order chi connectivity index (χ0) is 12.8. The van der Waals surface area contributed by atoms with Crippen molar-refractivity contribution < 1.29 is 9.59 Å². The Hall–Kier alpha value is -1.10. The fourth-order valence-electron chi connectivity index (χ4n) is 2.10. The quantitative estimate of drug-likeness (QED) is 0.741. The third-order valence-electron chi connectivity index (χ3n) is 3.01. The van der Waals surface area contributed by atoms with E-state index in [2.05, 4.69) is 5.32 Å². The van der Waals surface area contributed by atoms with Crippen LogP contribution in [0, 0.1) is 0 Å². The van der Waals surface area contributed by atoms with Crippen molar-refractivity contribution in [3.8, 4) is 0 Å². The summed E-state index contributed by atoms with van der Waals surface area (Å²) in [5, 5.41) is 2.84. The molecule has 1 saturated heterocycles.